The molecule has 0 spiro atoms. The van der Waals surface area contributed by atoms with E-state index in [-0.39, 0.29) is 11.9 Å². The average molecular weight is 390 g/mol. The Hall–Kier alpha value is -3.47. The first kappa shape index (κ1) is 18.9. The zero-order valence-corrected chi connectivity index (χ0v) is 16.6. The van der Waals surface area contributed by atoms with E-state index < -0.39 is 0 Å². The molecule has 1 atom stereocenters. The molecule has 4 nitrogen and oxygen atoms in total. The first-order chi connectivity index (χ1) is 14.1. The Morgan fingerprint density at radius 1 is 0.897 bits per heavy atom. The van der Waals surface area contributed by atoms with Crippen LogP contribution in [0.4, 0.5) is 10.1 Å². The van der Waals surface area contributed by atoms with Crippen LogP contribution in [0.1, 0.15) is 22.9 Å². The summed E-state index contributed by atoms with van der Waals surface area (Å²) in [6.07, 6.45) is 0. The van der Waals surface area contributed by atoms with E-state index in [0.29, 0.717) is 17.2 Å². The van der Waals surface area contributed by atoms with Crippen molar-refractivity contribution < 1.29 is 13.9 Å². The number of para-hydroxylation sites is 2. The van der Waals surface area contributed by atoms with Crippen LogP contribution in [0.3, 0.4) is 0 Å². The van der Waals surface area contributed by atoms with E-state index in [9.17, 15) is 4.39 Å². The summed E-state index contributed by atoms with van der Waals surface area (Å²) in [5.41, 5.74) is 4.52. The fourth-order valence-electron chi connectivity index (χ4n) is 3.76. The summed E-state index contributed by atoms with van der Waals surface area (Å²) in [5, 5.41) is 4.49. The second-order valence-electron chi connectivity index (χ2n) is 6.88. The third-order valence-electron chi connectivity index (χ3n) is 5.15. The molecule has 0 saturated carbocycles. The monoisotopic (exact) mass is 390 g/mol. The van der Waals surface area contributed by atoms with Gasteiger partial charge in [-0.3, -0.25) is 0 Å². The largest absolute Gasteiger partial charge is 0.493 e. The Kier molecular flexibility index (Phi) is 5.12. The normalized spacial score (nSPS) is 12.0. The Labute approximate surface area is 169 Å². The molecule has 29 heavy (non-hydrogen) atoms. The van der Waals surface area contributed by atoms with E-state index in [4.69, 9.17) is 9.47 Å². The van der Waals surface area contributed by atoms with Gasteiger partial charge in [0.25, 0.3) is 0 Å². The van der Waals surface area contributed by atoms with Gasteiger partial charge < -0.3 is 19.8 Å². The maximum atomic E-state index is 14.5. The minimum Gasteiger partial charge on any atom is -0.493 e. The van der Waals surface area contributed by atoms with Crippen molar-refractivity contribution in [3.8, 4) is 11.5 Å². The molecule has 0 amide bonds. The second kappa shape index (κ2) is 7.87. The van der Waals surface area contributed by atoms with E-state index in [2.05, 4.69) is 16.4 Å². The number of halogens is 1. The topological polar surface area (TPSA) is 46.3 Å². The van der Waals surface area contributed by atoms with Crippen LogP contribution < -0.4 is 14.8 Å². The van der Waals surface area contributed by atoms with Crippen LogP contribution in [0.25, 0.3) is 10.9 Å². The first-order valence-corrected chi connectivity index (χ1v) is 9.42. The zero-order valence-electron chi connectivity index (χ0n) is 16.6. The summed E-state index contributed by atoms with van der Waals surface area (Å²) >= 11 is 0. The minimum atomic E-state index is -0.296. The summed E-state index contributed by atoms with van der Waals surface area (Å²) in [6, 6.07) is 20.3. The molecule has 0 aliphatic heterocycles. The number of aromatic nitrogens is 1. The van der Waals surface area contributed by atoms with Gasteiger partial charge in [0.15, 0.2) is 11.5 Å². The lowest BCUT2D eigenvalue weighted by Crippen LogP contribution is -2.14. The maximum absolute atomic E-state index is 14.5. The number of methoxy groups -OCH3 is 2. The number of ether oxygens (including phenoxy) is 2. The Morgan fingerprint density at radius 3 is 2.38 bits per heavy atom. The van der Waals surface area contributed by atoms with Gasteiger partial charge in [0.2, 0.25) is 0 Å². The number of benzene rings is 3. The lowest BCUT2D eigenvalue weighted by atomic mass is 9.95. The van der Waals surface area contributed by atoms with Gasteiger partial charge in [-0.05, 0) is 42.8 Å². The van der Waals surface area contributed by atoms with Gasteiger partial charge in [0.1, 0.15) is 5.82 Å². The number of aryl methyl sites for hydroxylation is 1. The Balaban J connectivity index is 1.90. The molecule has 2 N–H and O–H groups in total. The smallest absolute Gasteiger partial charge is 0.161 e. The summed E-state index contributed by atoms with van der Waals surface area (Å²) < 4.78 is 25.4. The van der Waals surface area contributed by atoms with E-state index in [1.807, 2.05) is 49.4 Å². The lowest BCUT2D eigenvalue weighted by molar-refractivity contribution is 0.354. The van der Waals surface area contributed by atoms with E-state index >= 15 is 0 Å². The van der Waals surface area contributed by atoms with Gasteiger partial charge in [-0.15, -0.1) is 0 Å². The van der Waals surface area contributed by atoms with Crippen molar-refractivity contribution in [1.29, 1.82) is 0 Å². The highest BCUT2D eigenvalue weighted by molar-refractivity contribution is 5.86. The highest BCUT2D eigenvalue weighted by Gasteiger charge is 2.23. The maximum Gasteiger partial charge on any atom is 0.161 e. The molecule has 1 aromatic heterocycles. The van der Waals surface area contributed by atoms with Crippen LogP contribution in [0.2, 0.25) is 0 Å². The van der Waals surface area contributed by atoms with Gasteiger partial charge in [0.05, 0.1) is 25.9 Å². The average Bonchev–Trinajstić information content (AvgIpc) is 3.08. The molecule has 0 aliphatic carbocycles. The number of hydrogen-bond acceptors (Lipinski definition) is 3. The molecular weight excluding hydrogens is 367 g/mol. The van der Waals surface area contributed by atoms with Gasteiger partial charge in [-0.1, -0.05) is 36.4 Å². The zero-order chi connectivity index (χ0) is 20.4. The number of rotatable bonds is 6. The molecule has 0 radical (unpaired) electrons. The molecule has 3 aromatic carbocycles. The van der Waals surface area contributed by atoms with Crippen LogP contribution in [0.15, 0.2) is 66.7 Å². The number of anilines is 1. The SMILES string of the molecule is COc1ccc(C(Nc2ccccc2F)c2c(C)[nH]c3ccccc23)cc1OC. The van der Waals surface area contributed by atoms with Crippen molar-refractivity contribution >= 4 is 16.6 Å². The van der Waals surface area contributed by atoms with Crippen molar-refractivity contribution in [2.75, 3.05) is 19.5 Å². The van der Waals surface area contributed by atoms with Crippen LogP contribution >= 0.6 is 0 Å². The minimum absolute atomic E-state index is 0.289. The summed E-state index contributed by atoms with van der Waals surface area (Å²) in [6.45, 7) is 2.03. The van der Waals surface area contributed by atoms with E-state index in [1.165, 1.54) is 6.07 Å². The van der Waals surface area contributed by atoms with Gasteiger partial charge in [-0.2, -0.15) is 0 Å². The standard InChI is InChI=1S/C24H23FN2O2/c1-15-23(17-8-4-6-10-19(17)26-15)24(27-20-11-7-5-9-18(20)25)16-12-13-21(28-2)22(14-16)29-3/h4-14,24,26-27H,1-3H3. The van der Waals surface area contributed by atoms with Crippen LogP contribution in [-0.2, 0) is 0 Å². The quantitative estimate of drug-likeness (QED) is 0.435. The Bertz CT molecular complexity index is 1150. The van der Waals surface area contributed by atoms with Gasteiger partial charge in [-0.25, -0.2) is 4.39 Å². The lowest BCUT2D eigenvalue weighted by Gasteiger charge is -2.23. The second-order valence-corrected chi connectivity index (χ2v) is 6.88. The molecule has 148 valence electrons. The highest BCUT2D eigenvalue weighted by atomic mass is 19.1. The summed E-state index contributed by atoms with van der Waals surface area (Å²) in [7, 11) is 3.22. The van der Waals surface area contributed by atoms with Crippen molar-refractivity contribution in [3.05, 3.63) is 89.4 Å². The van der Waals surface area contributed by atoms with Crippen molar-refractivity contribution in [2.24, 2.45) is 0 Å². The fraction of sp³-hybridized carbons (Fsp3) is 0.167. The number of hydrogen-bond donors (Lipinski definition) is 2. The van der Waals surface area contributed by atoms with Crippen molar-refractivity contribution in [3.63, 3.8) is 0 Å². The number of fused-ring (bicyclic) bond motifs is 1. The molecule has 4 aromatic rings. The molecule has 0 bridgehead atoms. The Morgan fingerprint density at radius 2 is 1.62 bits per heavy atom. The third kappa shape index (κ3) is 3.51. The van der Waals surface area contributed by atoms with Crippen LogP contribution in [-0.4, -0.2) is 19.2 Å². The molecule has 0 saturated heterocycles. The highest BCUT2D eigenvalue weighted by Crippen LogP contribution is 2.38. The van der Waals surface area contributed by atoms with Gasteiger partial charge in [0, 0.05) is 22.2 Å². The van der Waals surface area contributed by atoms with E-state index in [1.54, 1.807) is 26.4 Å². The summed E-state index contributed by atoms with van der Waals surface area (Å²) in [4.78, 5) is 3.44. The predicted molar refractivity (Wildman–Crippen MR) is 114 cm³/mol. The van der Waals surface area contributed by atoms with Gasteiger partial charge >= 0.3 is 0 Å². The molecule has 0 aliphatic rings. The third-order valence-corrected chi connectivity index (χ3v) is 5.15. The number of nitrogens with one attached hydrogen (secondary N) is 2. The van der Waals surface area contributed by atoms with Crippen LogP contribution in [0, 0.1) is 12.7 Å². The first-order valence-electron chi connectivity index (χ1n) is 9.42. The molecular formula is C24H23FN2O2. The van der Waals surface area contributed by atoms with Crippen LogP contribution in [0.5, 0.6) is 11.5 Å². The number of H-pyrrole nitrogens is 1. The van der Waals surface area contributed by atoms with E-state index in [0.717, 1.165) is 27.7 Å². The molecule has 5 heteroatoms. The molecule has 1 unspecified atom stereocenters. The predicted octanol–water partition coefficient (Wildman–Crippen LogP) is 5.83. The molecule has 4 rings (SSSR count). The van der Waals surface area contributed by atoms with Crippen molar-refractivity contribution in [2.45, 2.75) is 13.0 Å². The molecule has 0 fully saturated rings. The fourth-order valence-corrected chi connectivity index (χ4v) is 3.76. The summed E-state index contributed by atoms with van der Waals surface area (Å²) in [5.74, 6) is 0.981. The van der Waals surface area contributed by atoms with Crippen molar-refractivity contribution in [1.82, 2.24) is 4.98 Å². The number of aromatic amines is 1. The molecule has 1 heterocycles.